The minimum atomic E-state index is -0.524. The van der Waals surface area contributed by atoms with Crippen molar-refractivity contribution < 1.29 is 14.5 Å². The van der Waals surface area contributed by atoms with Gasteiger partial charge in [-0.15, -0.1) is 0 Å². The zero-order chi connectivity index (χ0) is 24.9. The lowest BCUT2D eigenvalue weighted by Gasteiger charge is -2.30. The van der Waals surface area contributed by atoms with Crippen LogP contribution in [0.2, 0.25) is 0 Å². The number of hydrogen-bond acceptors (Lipinski definition) is 8. The molecule has 10 nitrogen and oxygen atoms in total. The normalized spacial score (nSPS) is 19.4. The molecule has 0 spiro atoms. The molecular formula is C25H34N6O4. The van der Waals surface area contributed by atoms with E-state index in [1.54, 1.807) is 0 Å². The largest absolute Gasteiger partial charge is 0.490 e. The number of aryl methyl sites for hydroxylation is 1. The fourth-order valence-corrected chi connectivity index (χ4v) is 5.01. The van der Waals surface area contributed by atoms with Gasteiger partial charge in [0, 0.05) is 49.9 Å². The van der Waals surface area contributed by atoms with E-state index in [0.717, 1.165) is 50.3 Å². The third-order valence-electron chi connectivity index (χ3n) is 6.95. The van der Waals surface area contributed by atoms with Crippen molar-refractivity contribution in [2.75, 3.05) is 38.0 Å². The standard InChI is InChI=1S/C25H34N6O4/c1-30(2)23-19-6-4-5-7-20(19)28-25(29-23)27-18-11-8-16(9-12-18)15-26-24(32)17-10-13-21(31(33)34)22(14-17)35-3/h10,13-14,16,18H,4-9,11-12,15H2,1-3H3,(H,26,32)(H,27,28,29)/t16-,18+. The molecule has 2 N–H and O–H groups in total. The van der Waals surface area contributed by atoms with Gasteiger partial charge >= 0.3 is 5.69 Å². The lowest BCUT2D eigenvalue weighted by atomic mass is 9.86. The van der Waals surface area contributed by atoms with Crippen LogP contribution >= 0.6 is 0 Å². The molecule has 1 amide bonds. The van der Waals surface area contributed by atoms with Gasteiger partial charge in [-0.05, 0) is 63.4 Å². The number of anilines is 2. The van der Waals surface area contributed by atoms with E-state index >= 15 is 0 Å². The van der Waals surface area contributed by atoms with Crippen LogP contribution in [0.15, 0.2) is 18.2 Å². The summed E-state index contributed by atoms with van der Waals surface area (Å²) in [5.74, 6) is 1.96. The molecule has 0 radical (unpaired) electrons. The van der Waals surface area contributed by atoms with Crippen molar-refractivity contribution >= 4 is 23.4 Å². The first-order valence-electron chi connectivity index (χ1n) is 12.3. The molecule has 2 aromatic rings. The van der Waals surface area contributed by atoms with Crippen LogP contribution in [0, 0.1) is 16.0 Å². The van der Waals surface area contributed by atoms with Crippen LogP contribution in [0.25, 0.3) is 0 Å². The predicted octanol–water partition coefficient (Wildman–Crippen LogP) is 3.74. The highest BCUT2D eigenvalue weighted by Gasteiger charge is 2.25. The Morgan fingerprint density at radius 2 is 1.91 bits per heavy atom. The Morgan fingerprint density at radius 1 is 1.17 bits per heavy atom. The van der Waals surface area contributed by atoms with Crippen molar-refractivity contribution in [2.24, 2.45) is 5.92 Å². The Bertz CT molecular complexity index is 1080. The van der Waals surface area contributed by atoms with Gasteiger partial charge in [-0.25, -0.2) is 4.98 Å². The molecule has 0 atom stereocenters. The van der Waals surface area contributed by atoms with Gasteiger partial charge in [0.15, 0.2) is 5.75 Å². The number of nitro groups is 1. The van der Waals surface area contributed by atoms with Gasteiger partial charge < -0.3 is 20.3 Å². The average Bonchev–Trinajstić information content (AvgIpc) is 2.87. The van der Waals surface area contributed by atoms with Crippen LogP contribution in [-0.2, 0) is 12.8 Å². The average molecular weight is 483 g/mol. The van der Waals surface area contributed by atoms with E-state index < -0.39 is 4.92 Å². The van der Waals surface area contributed by atoms with E-state index in [1.165, 1.54) is 49.4 Å². The summed E-state index contributed by atoms with van der Waals surface area (Å²) in [6.45, 7) is 0.574. The van der Waals surface area contributed by atoms with Crippen LogP contribution in [0.1, 0.15) is 60.1 Å². The minimum Gasteiger partial charge on any atom is -0.490 e. The topological polar surface area (TPSA) is 123 Å². The summed E-state index contributed by atoms with van der Waals surface area (Å²) in [4.78, 5) is 34.8. The summed E-state index contributed by atoms with van der Waals surface area (Å²) in [6, 6.07) is 4.49. The quantitative estimate of drug-likeness (QED) is 0.431. The second-order valence-electron chi connectivity index (χ2n) is 9.61. The highest BCUT2D eigenvalue weighted by molar-refractivity contribution is 5.95. The van der Waals surface area contributed by atoms with Gasteiger partial charge in [0.2, 0.25) is 5.95 Å². The number of amides is 1. The second kappa shape index (κ2) is 10.9. The third-order valence-corrected chi connectivity index (χ3v) is 6.95. The first-order valence-corrected chi connectivity index (χ1v) is 12.3. The number of hydrogen-bond donors (Lipinski definition) is 2. The van der Waals surface area contributed by atoms with E-state index in [-0.39, 0.29) is 17.3 Å². The zero-order valence-electron chi connectivity index (χ0n) is 20.7. The van der Waals surface area contributed by atoms with Gasteiger partial charge in [-0.3, -0.25) is 14.9 Å². The van der Waals surface area contributed by atoms with E-state index in [4.69, 9.17) is 14.7 Å². The summed E-state index contributed by atoms with van der Waals surface area (Å²) in [5.41, 5.74) is 2.66. The van der Waals surface area contributed by atoms with E-state index in [1.807, 2.05) is 14.1 Å². The Hall–Kier alpha value is -3.43. The summed E-state index contributed by atoms with van der Waals surface area (Å²) >= 11 is 0. The molecule has 188 valence electrons. The molecule has 2 aliphatic rings. The van der Waals surface area contributed by atoms with Crippen LogP contribution in [-0.4, -0.2) is 54.6 Å². The number of ether oxygens (including phenoxy) is 1. The summed E-state index contributed by atoms with van der Waals surface area (Å²) in [5, 5.41) is 17.6. The van der Waals surface area contributed by atoms with Crippen LogP contribution < -0.4 is 20.3 Å². The fourth-order valence-electron chi connectivity index (χ4n) is 5.01. The first-order chi connectivity index (χ1) is 16.9. The van der Waals surface area contributed by atoms with Crippen molar-refractivity contribution in [3.8, 4) is 5.75 Å². The molecule has 1 fully saturated rings. The fraction of sp³-hybridized carbons (Fsp3) is 0.560. The molecule has 2 aliphatic carbocycles. The molecule has 0 bridgehead atoms. The Kier molecular flexibility index (Phi) is 7.67. The second-order valence-corrected chi connectivity index (χ2v) is 9.61. The predicted molar refractivity (Wildman–Crippen MR) is 134 cm³/mol. The SMILES string of the molecule is COc1cc(C(=O)NC[C@H]2CC[C@@H](Nc3nc4c(c(N(C)C)n3)CCCC4)CC2)ccc1[N+](=O)[O-]. The summed E-state index contributed by atoms with van der Waals surface area (Å²) in [6.07, 6.45) is 8.41. The molecule has 1 aromatic carbocycles. The van der Waals surface area contributed by atoms with E-state index in [2.05, 4.69) is 15.5 Å². The van der Waals surface area contributed by atoms with Gasteiger partial charge in [-0.1, -0.05) is 0 Å². The molecule has 1 heterocycles. The summed E-state index contributed by atoms with van der Waals surface area (Å²) < 4.78 is 5.06. The molecule has 0 aliphatic heterocycles. The molecule has 0 unspecified atom stereocenters. The first kappa shape index (κ1) is 24.7. The van der Waals surface area contributed by atoms with Gasteiger partial charge in [0.1, 0.15) is 5.82 Å². The molecular weight excluding hydrogens is 448 g/mol. The van der Waals surface area contributed by atoms with Crippen molar-refractivity contribution in [3.63, 3.8) is 0 Å². The number of carbonyl (C=O) groups is 1. The number of benzene rings is 1. The molecule has 35 heavy (non-hydrogen) atoms. The molecule has 1 aromatic heterocycles. The van der Waals surface area contributed by atoms with Gasteiger partial charge in [0.25, 0.3) is 5.91 Å². The highest BCUT2D eigenvalue weighted by Crippen LogP contribution is 2.31. The minimum absolute atomic E-state index is 0.0797. The molecule has 1 saturated carbocycles. The maximum absolute atomic E-state index is 12.6. The van der Waals surface area contributed by atoms with Crippen molar-refractivity contribution in [3.05, 3.63) is 45.1 Å². The smallest absolute Gasteiger partial charge is 0.310 e. The summed E-state index contributed by atoms with van der Waals surface area (Å²) in [7, 11) is 5.42. The molecule has 0 saturated heterocycles. The Balaban J connectivity index is 1.29. The number of aromatic nitrogens is 2. The van der Waals surface area contributed by atoms with Crippen LogP contribution in [0.4, 0.5) is 17.5 Å². The lowest BCUT2D eigenvalue weighted by Crippen LogP contribution is -2.34. The van der Waals surface area contributed by atoms with Gasteiger partial charge in [-0.2, -0.15) is 4.98 Å². The number of rotatable bonds is 8. The van der Waals surface area contributed by atoms with Crippen molar-refractivity contribution in [1.29, 1.82) is 0 Å². The van der Waals surface area contributed by atoms with Gasteiger partial charge in [0.05, 0.1) is 17.7 Å². The highest BCUT2D eigenvalue weighted by atomic mass is 16.6. The number of methoxy groups -OCH3 is 1. The lowest BCUT2D eigenvalue weighted by molar-refractivity contribution is -0.385. The third kappa shape index (κ3) is 5.80. The van der Waals surface area contributed by atoms with E-state index in [9.17, 15) is 14.9 Å². The number of nitrogens with zero attached hydrogens (tertiary/aromatic N) is 4. The number of fused-ring (bicyclic) bond motifs is 1. The van der Waals surface area contributed by atoms with Crippen LogP contribution in [0.5, 0.6) is 5.75 Å². The Morgan fingerprint density at radius 3 is 2.60 bits per heavy atom. The Labute approximate surface area is 205 Å². The maximum Gasteiger partial charge on any atom is 0.310 e. The monoisotopic (exact) mass is 482 g/mol. The number of carbonyl (C=O) groups excluding carboxylic acids is 1. The van der Waals surface area contributed by atoms with E-state index in [0.29, 0.717) is 24.1 Å². The number of nitrogens with one attached hydrogen (secondary N) is 2. The van der Waals surface area contributed by atoms with Crippen LogP contribution in [0.3, 0.4) is 0 Å². The van der Waals surface area contributed by atoms with Crippen molar-refractivity contribution in [1.82, 2.24) is 15.3 Å². The molecule has 4 rings (SSSR count). The van der Waals surface area contributed by atoms with Crippen molar-refractivity contribution in [2.45, 2.75) is 57.4 Å². The number of nitro benzene ring substituents is 1. The zero-order valence-corrected chi connectivity index (χ0v) is 20.7. The molecule has 10 heteroatoms. The maximum atomic E-state index is 12.6.